The van der Waals surface area contributed by atoms with Crippen LogP contribution in [0.1, 0.15) is 22.3 Å². The summed E-state index contributed by atoms with van der Waals surface area (Å²) in [5, 5.41) is 2.91. The smallest absolute Gasteiger partial charge is 0.272 e. The number of fused-ring (bicyclic) bond motifs is 5. The van der Waals surface area contributed by atoms with Gasteiger partial charge in [-0.3, -0.25) is 14.4 Å². The zero-order valence-electron chi connectivity index (χ0n) is 15.6. The highest BCUT2D eigenvalue weighted by Crippen LogP contribution is 2.52. The summed E-state index contributed by atoms with van der Waals surface area (Å²) in [6, 6.07) is 15.8. The number of amides is 3. The van der Waals surface area contributed by atoms with Crippen LogP contribution < -0.4 is 0 Å². The fourth-order valence-electron chi connectivity index (χ4n) is 4.86. The minimum atomic E-state index is -0.396. The Kier molecular flexibility index (Phi) is 4.28. The number of halogens is 1. The van der Waals surface area contributed by atoms with Crippen molar-refractivity contribution in [2.45, 2.75) is 13.0 Å². The molecule has 5 rings (SSSR count). The zero-order valence-corrected chi connectivity index (χ0v) is 16.3. The molecule has 3 aliphatic rings. The van der Waals surface area contributed by atoms with Crippen molar-refractivity contribution < 1.29 is 14.4 Å². The molecule has 2 bridgehead atoms. The lowest BCUT2D eigenvalue weighted by Gasteiger charge is -2.31. The second kappa shape index (κ2) is 6.85. The van der Waals surface area contributed by atoms with Crippen LogP contribution in [0, 0.1) is 23.7 Å². The van der Waals surface area contributed by atoms with Crippen molar-refractivity contribution in [2.75, 3.05) is 0 Å². The fraction of sp³-hybridized carbons (Fsp3) is 0.261. The van der Waals surface area contributed by atoms with Gasteiger partial charge in [0.25, 0.3) is 17.7 Å². The maximum absolute atomic E-state index is 13.4. The van der Waals surface area contributed by atoms with Gasteiger partial charge in [-0.15, -0.1) is 0 Å². The Morgan fingerprint density at radius 1 is 0.931 bits per heavy atom. The van der Waals surface area contributed by atoms with Crippen LogP contribution in [0.4, 0.5) is 0 Å². The average molecular weight is 407 g/mol. The molecule has 5 nitrogen and oxygen atoms in total. The quantitative estimate of drug-likeness (QED) is 0.574. The zero-order chi connectivity index (χ0) is 20.1. The Hall–Kier alpha value is -2.92. The van der Waals surface area contributed by atoms with Crippen LogP contribution in [0.2, 0.25) is 5.02 Å². The van der Waals surface area contributed by atoms with Crippen molar-refractivity contribution in [3.8, 4) is 0 Å². The molecule has 2 fully saturated rings. The second-order valence-corrected chi connectivity index (χ2v) is 8.28. The van der Waals surface area contributed by atoms with Gasteiger partial charge in [-0.05, 0) is 48.1 Å². The summed E-state index contributed by atoms with van der Waals surface area (Å²) >= 11 is 5.95. The average Bonchev–Trinajstić information content (AvgIpc) is 3.41. The van der Waals surface area contributed by atoms with Crippen LogP contribution >= 0.6 is 11.6 Å². The van der Waals surface area contributed by atoms with Crippen LogP contribution in [0.3, 0.4) is 0 Å². The predicted octanol–water partition coefficient (Wildman–Crippen LogP) is 3.70. The molecule has 4 atom stereocenters. The first kappa shape index (κ1) is 18.1. The van der Waals surface area contributed by atoms with Gasteiger partial charge in [0.1, 0.15) is 0 Å². The van der Waals surface area contributed by atoms with Crippen molar-refractivity contribution >= 4 is 29.3 Å². The van der Waals surface area contributed by atoms with Gasteiger partial charge < -0.3 is 0 Å². The minimum absolute atomic E-state index is 0.0932. The number of benzene rings is 2. The van der Waals surface area contributed by atoms with Crippen molar-refractivity contribution in [3.05, 3.63) is 82.9 Å². The molecule has 3 amide bonds. The first-order chi connectivity index (χ1) is 14.0. The lowest BCUT2D eigenvalue weighted by Crippen LogP contribution is -2.50. The normalized spacial score (nSPS) is 26.9. The van der Waals surface area contributed by atoms with E-state index in [4.69, 9.17) is 11.6 Å². The van der Waals surface area contributed by atoms with Gasteiger partial charge in [0.2, 0.25) is 0 Å². The molecule has 0 radical (unpaired) electrons. The predicted molar refractivity (Wildman–Crippen MR) is 107 cm³/mol. The van der Waals surface area contributed by atoms with Gasteiger partial charge in [0, 0.05) is 10.6 Å². The summed E-state index contributed by atoms with van der Waals surface area (Å²) in [5.74, 6) is -1.45. The minimum Gasteiger partial charge on any atom is -0.272 e. The van der Waals surface area contributed by atoms with Gasteiger partial charge >= 0.3 is 0 Å². The van der Waals surface area contributed by atoms with Crippen LogP contribution in [-0.4, -0.2) is 27.7 Å². The number of allylic oxidation sites excluding steroid dienone is 2. The van der Waals surface area contributed by atoms with Gasteiger partial charge in [-0.2, -0.15) is 5.01 Å². The van der Waals surface area contributed by atoms with Gasteiger partial charge in [-0.1, -0.05) is 54.1 Å². The van der Waals surface area contributed by atoms with Gasteiger partial charge in [0.15, 0.2) is 0 Å². The summed E-state index contributed by atoms with van der Waals surface area (Å²) in [6.07, 6.45) is 4.94. The van der Waals surface area contributed by atoms with Crippen molar-refractivity contribution in [3.63, 3.8) is 0 Å². The molecule has 1 heterocycles. The van der Waals surface area contributed by atoms with E-state index in [1.54, 1.807) is 24.3 Å². The summed E-state index contributed by atoms with van der Waals surface area (Å²) in [4.78, 5) is 39.9. The Morgan fingerprint density at radius 3 is 2.10 bits per heavy atom. The maximum atomic E-state index is 13.4. The van der Waals surface area contributed by atoms with E-state index in [0.717, 1.165) is 17.0 Å². The number of hydrogen-bond donors (Lipinski definition) is 0. The lowest BCUT2D eigenvalue weighted by atomic mass is 9.85. The Morgan fingerprint density at radius 2 is 1.52 bits per heavy atom. The molecule has 0 aromatic heterocycles. The van der Waals surface area contributed by atoms with E-state index in [1.807, 2.05) is 42.5 Å². The van der Waals surface area contributed by atoms with E-state index in [2.05, 4.69) is 0 Å². The first-order valence-corrected chi connectivity index (χ1v) is 10.1. The van der Waals surface area contributed by atoms with E-state index in [1.165, 1.54) is 5.01 Å². The van der Waals surface area contributed by atoms with Crippen molar-refractivity contribution in [1.29, 1.82) is 0 Å². The number of carbonyl (C=O) groups is 3. The molecule has 2 aromatic carbocycles. The van der Waals surface area contributed by atoms with E-state index < -0.39 is 5.91 Å². The molecule has 1 saturated carbocycles. The molecule has 2 aromatic rings. The number of carbonyl (C=O) groups excluding carboxylic acids is 3. The maximum Gasteiger partial charge on any atom is 0.273 e. The first-order valence-electron chi connectivity index (χ1n) is 9.72. The number of hydrogen-bond acceptors (Lipinski definition) is 3. The van der Waals surface area contributed by atoms with E-state index in [-0.39, 0.29) is 42.0 Å². The highest BCUT2D eigenvalue weighted by atomic mass is 35.5. The Labute approximate surface area is 173 Å². The number of imide groups is 1. The molecule has 6 heteroatoms. The third-order valence-corrected chi connectivity index (χ3v) is 6.44. The summed E-state index contributed by atoms with van der Waals surface area (Å²) in [7, 11) is 0. The molecule has 0 unspecified atom stereocenters. The topological polar surface area (TPSA) is 57.7 Å². The monoisotopic (exact) mass is 406 g/mol. The van der Waals surface area contributed by atoms with Gasteiger partial charge in [0.05, 0.1) is 18.4 Å². The van der Waals surface area contributed by atoms with Crippen molar-refractivity contribution in [2.24, 2.45) is 23.7 Å². The molecule has 146 valence electrons. The molecule has 0 N–H and O–H groups in total. The third-order valence-electron chi connectivity index (χ3n) is 6.19. The highest BCUT2D eigenvalue weighted by Gasteiger charge is 2.61. The van der Waals surface area contributed by atoms with Crippen LogP contribution in [0.25, 0.3) is 0 Å². The van der Waals surface area contributed by atoms with E-state index in [9.17, 15) is 14.4 Å². The lowest BCUT2D eigenvalue weighted by molar-refractivity contribution is -0.156. The molecule has 2 aliphatic carbocycles. The largest absolute Gasteiger partial charge is 0.273 e. The van der Waals surface area contributed by atoms with Gasteiger partial charge in [-0.25, -0.2) is 5.01 Å². The van der Waals surface area contributed by atoms with E-state index in [0.29, 0.717) is 10.6 Å². The van der Waals surface area contributed by atoms with Crippen LogP contribution in [-0.2, 0) is 16.1 Å². The molecule has 1 saturated heterocycles. The number of hydrazine groups is 1. The molecular formula is C23H19ClN2O3. The second-order valence-electron chi connectivity index (χ2n) is 7.84. The highest BCUT2D eigenvalue weighted by molar-refractivity contribution is 6.30. The number of rotatable bonds is 4. The Balaban J connectivity index is 1.52. The molecule has 0 spiro atoms. The molecule has 1 aliphatic heterocycles. The number of nitrogens with zero attached hydrogens (tertiary/aromatic N) is 2. The SMILES string of the molecule is O=C(c1ccc(Cl)cc1)N(Cc1ccccc1)N1C(=O)[C@@H]2[C@H](C1=O)[C@H]1C=C[C@H]2C1. The molecule has 29 heavy (non-hydrogen) atoms. The van der Waals surface area contributed by atoms with Crippen molar-refractivity contribution in [1.82, 2.24) is 10.0 Å². The summed E-state index contributed by atoms with van der Waals surface area (Å²) in [6.45, 7) is 0.141. The van der Waals surface area contributed by atoms with E-state index >= 15 is 0 Å². The molecular weight excluding hydrogens is 388 g/mol. The third kappa shape index (κ3) is 2.88. The van der Waals surface area contributed by atoms with Crippen LogP contribution in [0.5, 0.6) is 0 Å². The fourth-order valence-corrected chi connectivity index (χ4v) is 4.98. The Bertz CT molecular complexity index is 988. The van der Waals surface area contributed by atoms with Crippen LogP contribution in [0.15, 0.2) is 66.7 Å². The summed E-state index contributed by atoms with van der Waals surface area (Å²) in [5.41, 5.74) is 1.22. The standard InChI is InChI=1S/C23H19ClN2O3/c24-18-10-8-15(9-11-18)21(27)25(13-14-4-2-1-3-5-14)26-22(28)19-16-6-7-17(12-16)20(19)23(26)29/h1-11,16-17,19-20H,12-13H2/t16-,17-,19-,20+/m0/s1. The summed E-state index contributed by atoms with van der Waals surface area (Å²) < 4.78 is 0.